The number of esters is 1. The van der Waals surface area contributed by atoms with Crippen LogP contribution in [0.1, 0.15) is 35.4 Å². The van der Waals surface area contributed by atoms with E-state index >= 15 is 0 Å². The van der Waals surface area contributed by atoms with Crippen molar-refractivity contribution in [1.82, 2.24) is 9.88 Å². The summed E-state index contributed by atoms with van der Waals surface area (Å²) in [5, 5.41) is 0. The van der Waals surface area contributed by atoms with Crippen molar-refractivity contribution in [2.75, 3.05) is 7.11 Å². The van der Waals surface area contributed by atoms with E-state index in [1.165, 1.54) is 31.2 Å². The molecule has 0 saturated carbocycles. The van der Waals surface area contributed by atoms with Crippen molar-refractivity contribution >= 4 is 17.6 Å². The number of halogens is 2. The summed E-state index contributed by atoms with van der Waals surface area (Å²) >= 11 is 0. The molecule has 112 valence electrons. The second kappa shape index (κ2) is 4.37. The fourth-order valence-electron chi connectivity index (χ4n) is 2.84. The third-order valence-corrected chi connectivity index (χ3v) is 4.00. The van der Waals surface area contributed by atoms with Gasteiger partial charge in [-0.1, -0.05) is 0 Å². The van der Waals surface area contributed by atoms with Crippen LogP contribution >= 0.6 is 0 Å². The van der Waals surface area contributed by atoms with E-state index < -0.39 is 24.0 Å². The van der Waals surface area contributed by atoms with Crippen LogP contribution in [0, 0.1) is 0 Å². The van der Waals surface area contributed by atoms with Gasteiger partial charge in [-0.3, -0.25) is 0 Å². The molecule has 0 unspecified atom stereocenters. The largest absolute Gasteiger partial charge is 0.464 e. The highest BCUT2D eigenvalue weighted by atomic mass is 19.3. The number of hydrogen-bond donors (Lipinski definition) is 1. The molecule has 3 rings (SSSR count). The standard InChI is InChI=1S/C13H14F2N4O2/c1-6-13(14,15)4-10-7-3-8(11(20)21-2)17-5-9(7)18-12(16)19(6)10/h3,5-6,10H,4H2,1-2H3,(H2,16,18)/t6-,10-/m1/s1. The number of carbonyl (C=O) groups is 1. The van der Waals surface area contributed by atoms with Crippen molar-refractivity contribution in [1.29, 1.82) is 0 Å². The van der Waals surface area contributed by atoms with Gasteiger partial charge in [-0.15, -0.1) is 0 Å². The van der Waals surface area contributed by atoms with Gasteiger partial charge in [-0.2, -0.15) is 0 Å². The Bertz CT molecular complexity index is 647. The molecule has 21 heavy (non-hydrogen) atoms. The molecule has 0 aromatic carbocycles. The molecule has 2 aliphatic heterocycles. The van der Waals surface area contributed by atoms with Crippen LogP contribution in [0.3, 0.4) is 0 Å². The first kappa shape index (κ1) is 13.7. The van der Waals surface area contributed by atoms with Gasteiger partial charge in [0.25, 0.3) is 5.92 Å². The lowest BCUT2D eigenvalue weighted by atomic mass is 10.0. The summed E-state index contributed by atoms with van der Waals surface area (Å²) in [6.07, 6.45) is 0.981. The molecule has 2 atom stereocenters. The van der Waals surface area contributed by atoms with E-state index in [-0.39, 0.29) is 18.1 Å². The fourth-order valence-corrected chi connectivity index (χ4v) is 2.84. The smallest absolute Gasteiger partial charge is 0.356 e. The van der Waals surface area contributed by atoms with Crippen molar-refractivity contribution in [3.05, 3.63) is 23.5 Å². The van der Waals surface area contributed by atoms with Crippen LogP contribution < -0.4 is 5.73 Å². The van der Waals surface area contributed by atoms with E-state index in [0.717, 1.165) is 0 Å². The Labute approximate surface area is 119 Å². The predicted molar refractivity (Wildman–Crippen MR) is 70.5 cm³/mol. The summed E-state index contributed by atoms with van der Waals surface area (Å²) in [6, 6.07) is -0.217. The SMILES string of the molecule is COC(=O)c1cc2c(cn1)N=C(N)N1[C@@H]2CC(F)(F)[C@H]1C. The molecule has 0 amide bonds. The number of alkyl halides is 2. The molecule has 8 heteroatoms. The van der Waals surface area contributed by atoms with Crippen LogP contribution in [0.15, 0.2) is 17.3 Å². The Balaban J connectivity index is 2.10. The summed E-state index contributed by atoms with van der Waals surface area (Å²) in [5.74, 6) is -3.45. The number of nitrogens with two attached hydrogens (primary N) is 1. The number of pyridine rings is 1. The Morgan fingerprint density at radius 2 is 2.29 bits per heavy atom. The second-order valence-electron chi connectivity index (χ2n) is 5.15. The molecule has 1 fully saturated rings. The van der Waals surface area contributed by atoms with Gasteiger partial charge >= 0.3 is 5.97 Å². The van der Waals surface area contributed by atoms with Crippen molar-refractivity contribution in [2.24, 2.45) is 10.7 Å². The van der Waals surface area contributed by atoms with Crippen molar-refractivity contribution in [3.63, 3.8) is 0 Å². The normalized spacial score (nSPS) is 25.9. The van der Waals surface area contributed by atoms with E-state index in [0.29, 0.717) is 11.3 Å². The molecular weight excluding hydrogens is 282 g/mol. The van der Waals surface area contributed by atoms with Gasteiger partial charge in [0, 0.05) is 12.0 Å². The minimum absolute atomic E-state index is 0.0461. The topological polar surface area (TPSA) is 80.8 Å². The van der Waals surface area contributed by atoms with Crippen LogP contribution in [-0.4, -0.2) is 40.9 Å². The molecule has 0 radical (unpaired) electrons. The van der Waals surface area contributed by atoms with Crippen LogP contribution in [0.2, 0.25) is 0 Å². The lowest BCUT2D eigenvalue weighted by Gasteiger charge is -2.33. The number of fused-ring (bicyclic) bond motifs is 3. The van der Waals surface area contributed by atoms with Gasteiger partial charge in [-0.25, -0.2) is 23.6 Å². The number of nitrogens with zero attached hydrogens (tertiary/aromatic N) is 3. The zero-order valence-electron chi connectivity index (χ0n) is 11.5. The van der Waals surface area contributed by atoms with Gasteiger partial charge in [0.05, 0.1) is 31.1 Å². The number of hydrogen-bond acceptors (Lipinski definition) is 6. The molecule has 2 aliphatic rings. The highest BCUT2D eigenvalue weighted by Gasteiger charge is 2.54. The maximum Gasteiger partial charge on any atom is 0.356 e. The zero-order chi connectivity index (χ0) is 15.4. The minimum Gasteiger partial charge on any atom is -0.464 e. The van der Waals surface area contributed by atoms with Crippen molar-refractivity contribution in [2.45, 2.75) is 31.4 Å². The zero-order valence-corrected chi connectivity index (χ0v) is 11.5. The lowest BCUT2D eigenvalue weighted by Crippen LogP contribution is -2.46. The number of rotatable bonds is 1. The molecule has 1 aromatic heterocycles. The first-order chi connectivity index (χ1) is 9.85. The highest BCUT2D eigenvalue weighted by molar-refractivity contribution is 5.89. The molecule has 3 heterocycles. The summed E-state index contributed by atoms with van der Waals surface area (Å²) < 4.78 is 32.5. The number of carbonyl (C=O) groups excluding carboxylic acids is 1. The Kier molecular flexibility index (Phi) is 2.86. The summed E-state index contributed by atoms with van der Waals surface area (Å²) in [4.78, 5) is 21.0. The van der Waals surface area contributed by atoms with Crippen molar-refractivity contribution in [3.8, 4) is 0 Å². The maximum absolute atomic E-state index is 14.0. The number of methoxy groups -OCH3 is 1. The van der Waals surface area contributed by atoms with E-state index in [9.17, 15) is 13.6 Å². The van der Waals surface area contributed by atoms with E-state index in [4.69, 9.17) is 5.73 Å². The van der Waals surface area contributed by atoms with Gasteiger partial charge < -0.3 is 15.4 Å². The Hall–Kier alpha value is -2.25. The predicted octanol–water partition coefficient (Wildman–Crippen LogP) is 1.60. The molecular formula is C13H14F2N4O2. The molecule has 2 N–H and O–H groups in total. The van der Waals surface area contributed by atoms with Crippen LogP contribution in [0.4, 0.5) is 14.5 Å². The lowest BCUT2D eigenvalue weighted by molar-refractivity contribution is -0.0169. The van der Waals surface area contributed by atoms with Gasteiger partial charge in [0.1, 0.15) is 5.69 Å². The fraction of sp³-hybridized carbons (Fsp3) is 0.462. The van der Waals surface area contributed by atoms with Gasteiger partial charge in [-0.05, 0) is 13.0 Å². The van der Waals surface area contributed by atoms with E-state index in [1.807, 2.05) is 0 Å². The quantitative estimate of drug-likeness (QED) is 0.796. The van der Waals surface area contributed by atoms with Crippen LogP contribution in [0.25, 0.3) is 0 Å². The van der Waals surface area contributed by atoms with Crippen LogP contribution in [-0.2, 0) is 4.74 Å². The minimum atomic E-state index is -2.87. The Morgan fingerprint density at radius 1 is 1.57 bits per heavy atom. The molecule has 1 saturated heterocycles. The number of ether oxygens (including phenoxy) is 1. The highest BCUT2D eigenvalue weighted by Crippen LogP contribution is 2.49. The summed E-state index contributed by atoms with van der Waals surface area (Å²) in [6.45, 7) is 1.41. The van der Waals surface area contributed by atoms with Gasteiger partial charge in [0.15, 0.2) is 5.96 Å². The molecule has 0 spiro atoms. The third-order valence-electron chi connectivity index (χ3n) is 4.00. The van der Waals surface area contributed by atoms with E-state index in [2.05, 4.69) is 14.7 Å². The average Bonchev–Trinajstić information content (AvgIpc) is 2.69. The first-order valence-corrected chi connectivity index (χ1v) is 6.43. The molecule has 6 nitrogen and oxygen atoms in total. The summed E-state index contributed by atoms with van der Waals surface area (Å²) in [5.41, 5.74) is 6.78. The van der Waals surface area contributed by atoms with E-state index in [1.54, 1.807) is 0 Å². The van der Waals surface area contributed by atoms with Crippen LogP contribution in [0.5, 0.6) is 0 Å². The molecule has 0 aliphatic carbocycles. The summed E-state index contributed by atoms with van der Waals surface area (Å²) in [7, 11) is 1.23. The molecule has 0 bridgehead atoms. The number of guanidine groups is 1. The monoisotopic (exact) mass is 296 g/mol. The van der Waals surface area contributed by atoms with Crippen molar-refractivity contribution < 1.29 is 18.3 Å². The second-order valence-corrected chi connectivity index (χ2v) is 5.15. The average molecular weight is 296 g/mol. The Morgan fingerprint density at radius 3 is 2.95 bits per heavy atom. The van der Waals surface area contributed by atoms with Gasteiger partial charge in [0.2, 0.25) is 0 Å². The maximum atomic E-state index is 14.0. The molecule has 1 aromatic rings. The number of aromatic nitrogens is 1. The third kappa shape index (κ3) is 1.93. The first-order valence-electron chi connectivity index (χ1n) is 6.43. The number of aliphatic imine (C=N–C) groups is 1.